The Hall–Kier alpha value is -0.340. The maximum absolute atomic E-state index is 9.17. The van der Waals surface area contributed by atoms with Crippen LogP contribution in [0.25, 0.3) is 0 Å². The smallest absolute Gasteiger partial charge is 0.0789 e. The fourth-order valence-corrected chi connectivity index (χ4v) is 1.46. The van der Waals surface area contributed by atoms with E-state index in [0.717, 1.165) is 12.8 Å². The molecule has 2 rings (SSSR count). The molecule has 0 radical (unpaired) electrons. The van der Waals surface area contributed by atoms with Crippen LogP contribution in [0, 0.1) is 0 Å². The van der Waals surface area contributed by atoms with Crippen LogP contribution in [0.2, 0.25) is 0 Å². The van der Waals surface area contributed by atoms with Crippen LogP contribution in [0.5, 0.6) is 0 Å². The summed E-state index contributed by atoms with van der Waals surface area (Å²) in [5.74, 6) is 0. The quantitative estimate of drug-likeness (QED) is 0.478. The fraction of sp³-hybridized carbons (Fsp3) is 0.714. The van der Waals surface area contributed by atoms with Gasteiger partial charge in [0.2, 0.25) is 0 Å². The minimum Gasteiger partial charge on any atom is -0.393 e. The molecule has 2 heterocycles. The average Bonchev–Trinajstić information content (AvgIpc) is 2.11. The first kappa shape index (κ1) is 5.45. The molecule has 1 saturated heterocycles. The zero-order chi connectivity index (χ0) is 6.27. The minimum atomic E-state index is -0.135. The second kappa shape index (κ2) is 1.82. The largest absolute Gasteiger partial charge is 0.393 e. The molecular weight excluding hydrogens is 116 g/mol. The van der Waals surface area contributed by atoms with E-state index in [1.807, 2.05) is 12.2 Å². The topological polar surface area (TPSA) is 29.5 Å². The lowest BCUT2D eigenvalue weighted by Crippen LogP contribution is -2.28. The summed E-state index contributed by atoms with van der Waals surface area (Å²) >= 11 is 0. The van der Waals surface area contributed by atoms with E-state index in [9.17, 15) is 5.11 Å². The summed E-state index contributed by atoms with van der Waals surface area (Å²) in [5.41, 5.74) is 0. The van der Waals surface area contributed by atoms with Crippen LogP contribution in [0.1, 0.15) is 12.8 Å². The molecule has 2 bridgehead atoms. The van der Waals surface area contributed by atoms with Gasteiger partial charge in [-0.05, 0) is 0 Å². The van der Waals surface area contributed by atoms with Crippen LogP contribution >= 0.6 is 0 Å². The van der Waals surface area contributed by atoms with E-state index in [4.69, 9.17) is 4.74 Å². The Morgan fingerprint density at radius 2 is 1.78 bits per heavy atom. The number of rotatable bonds is 0. The zero-order valence-electron chi connectivity index (χ0n) is 5.16. The lowest BCUT2D eigenvalue weighted by Gasteiger charge is -2.24. The normalized spacial score (nSPS) is 47.9. The Kier molecular flexibility index (Phi) is 1.10. The monoisotopic (exact) mass is 126 g/mol. The highest BCUT2D eigenvalue weighted by atomic mass is 16.5. The molecule has 0 amide bonds. The van der Waals surface area contributed by atoms with Gasteiger partial charge in [-0.1, -0.05) is 12.2 Å². The van der Waals surface area contributed by atoms with E-state index >= 15 is 0 Å². The first-order valence-electron chi connectivity index (χ1n) is 3.36. The van der Waals surface area contributed by atoms with Gasteiger partial charge in [-0.15, -0.1) is 0 Å². The average molecular weight is 126 g/mol. The van der Waals surface area contributed by atoms with Gasteiger partial charge in [0.25, 0.3) is 0 Å². The summed E-state index contributed by atoms with van der Waals surface area (Å²) in [4.78, 5) is 0. The highest BCUT2D eigenvalue weighted by Gasteiger charge is 2.29. The summed E-state index contributed by atoms with van der Waals surface area (Å²) in [6.07, 6.45) is 5.93. The van der Waals surface area contributed by atoms with Crippen LogP contribution in [0.4, 0.5) is 0 Å². The van der Waals surface area contributed by atoms with E-state index in [1.54, 1.807) is 0 Å². The van der Waals surface area contributed by atoms with Gasteiger partial charge in [0.05, 0.1) is 18.3 Å². The van der Waals surface area contributed by atoms with Crippen molar-refractivity contribution in [3.05, 3.63) is 12.2 Å². The number of fused-ring (bicyclic) bond motifs is 2. The molecule has 0 spiro atoms. The van der Waals surface area contributed by atoms with Crippen LogP contribution < -0.4 is 0 Å². The molecular formula is C7H10O2. The molecule has 0 saturated carbocycles. The second-order valence-electron chi connectivity index (χ2n) is 2.72. The van der Waals surface area contributed by atoms with E-state index in [0.29, 0.717) is 0 Å². The van der Waals surface area contributed by atoms with Gasteiger partial charge in [-0.2, -0.15) is 0 Å². The predicted octanol–water partition coefficient (Wildman–Crippen LogP) is 0.465. The molecule has 1 fully saturated rings. The fourth-order valence-electron chi connectivity index (χ4n) is 1.46. The van der Waals surface area contributed by atoms with Crippen molar-refractivity contribution in [2.75, 3.05) is 0 Å². The minimum absolute atomic E-state index is 0.135. The highest BCUT2D eigenvalue weighted by molar-refractivity contribution is 5.06. The van der Waals surface area contributed by atoms with Gasteiger partial charge in [0.1, 0.15) is 0 Å². The van der Waals surface area contributed by atoms with Crippen molar-refractivity contribution >= 4 is 0 Å². The van der Waals surface area contributed by atoms with Crippen LogP contribution in [0.15, 0.2) is 12.2 Å². The number of aliphatic hydroxyl groups is 1. The third-order valence-electron chi connectivity index (χ3n) is 1.90. The molecule has 2 heteroatoms. The van der Waals surface area contributed by atoms with Crippen molar-refractivity contribution in [1.82, 2.24) is 0 Å². The Bertz CT molecular complexity index is 128. The van der Waals surface area contributed by atoms with E-state index < -0.39 is 0 Å². The van der Waals surface area contributed by atoms with Crippen molar-refractivity contribution in [3.8, 4) is 0 Å². The molecule has 0 aromatic carbocycles. The van der Waals surface area contributed by atoms with Crippen molar-refractivity contribution < 1.29 is 9.84 Å². The number of hydrogen-bond acceptors (Lipinski definition) is 2. The SMILES string of the molecule is O[C@H]1C[C@H]2C=C[C@@H](C1)O2. The predicted molar refractivity (Wildman–Crippen MR) is 33.0 cm³/mol. The number of ether oxygens (including phenoxy) is 1. The first-order chi connectivity index (χ1) is 4.34. The molecule has 1 N–H and O–H groups in total. The van der Waals surface area contributed by atoms with E-state index in [2.05, 4.69) is 0 Å². The van der Waals surface area contributed by atoms with Crippen molar-refractivity contribution in [2.45, 2.75) is 31.2 Å². The van der Waals surface area contributed by atoms with Gasteiger partial charge in [-0.3, -0.25) is 0 Å². The van der Waals surface area contributed by atoms with Gasteiger partial charge in [-0.25, -0.2) is 0 Å². The van der Waals surface area contributed by atoms with Crippen LogP contribution in [0.3, 0.4) is 0 Å². The Morgan fingerprint density at radius 3 is 2.33 bits per heavy atom. The summed E-state index contributed by atoms with van der Waals surface area (Å²) in [6.45, 7) is 0. The second-order valence-corrected chi connectivity index (χ2v) is 2.72. The molecule has 0 aromatic heterocycles. The van der Waals surface area contributed by atoms with Gasteiger partial charge in [0.15, 0.2) is 0 Å². The molecule has 0 aliphatic carbocycles. The summed E-state index contributed by atoms with van der Waals surface area (Å²) in [6, 6.07) is 0. The molecule has 2 aliphatic rings. The third-order valence-corrected chi connectivity index (χ3v) is 1.90. The van der Waals surface area contributed by atoms with Gasteiger partial charge < -0.3 is 9.84 Å². The molecule has 2 nitrogen and oxygen atoms in total. The standard InChI is InChI=1S/C7H10O2/c8-5-3-6-1-2-7(4-5)9-6/h1-2,5-8H,3-4H2/t5-,6+,7-. The lowest BCUT2D eigenvalue weighted by molar-refractivity contribution is -0.0408. The van der Waals surface area contributed by atoms with E-state index in [1.165, 1.54) is 0 Å². The summed E-state index contributed by atoms with van der Waals surface area (Å²) in [5, 5.41) is 9.17. The van der Waals surface area contributed by atoms with Crippen LogP contribution in [-0.4, -0.2) is 23.4 Å². The maximum atomic E-state index is 9.17. The van der Waals surface area contributed by atoms with Gasteiger partial charge in [0, 0.05) is 12.8 Å². The Labute approximate surface area is 54.1 Å². The first-order valence-corrected chi connectivity index (χ1v) is 3.36. The molecule has 0 aromatic rings. The zero-order valence-corrected chi connectivity index (χ0v) is 5.16. The molecule has 9 heavy (non-hydrogen) atoms. The van der Waals surface area contributed by atoms with Crippen LogP contribution in [-0.2, 0) is 4.74 Å². The van der Waals surface area contributed by atoms with Crippen molar-refractivity contribution in [1.29, 1.82) is 0 Å². The maximum Gasteiger partial charge on any atom is 0.0789 e. The Morgan fingerprint density at radius 1 is 1.22 bits per heavy atom. The summed E-state index contributed by atoms with van der Waals surface area (Å²) in [7, 11) is 0. The molecule has 3 atom stereocenters. The molecule has 2 aliphatic heterocycles. The van der Waals surface area contributed by atoms with Crippen molar-refractivity contribution in [3.63, 3.8) is 0 Å². The molecule has 50 valence electrons. The Balaban J connectivity index is 2.10. The number of aliphatic hydroxyl groups excluding tert-OH is 1. The highest BCUT2D eigenvalue weighted by Crippen LogP contribution is 2.26. The van der Waals surface area contributed by atoms with Crippen molar-refractivity contribution in [2.24, 2.45) is 0 Å². The van der Waals surface area contributed by atoms with Gasteiger partial charge >= 0.3 is 0 Å². The number of hydrogen-bond donors (Lipinski definition) is 1. The third kappa shape index (κ3) is 0.884. The lowest BCUT2D eigenvalue weighted by atomic mass is 10.1. The molecule has 0 unspecified atom stereocenters. The van der Waals surface area contributed by atoms with E-state index in [-0.39, 0.29) is 18.3 Å². The summed E-state index contributed by atoms with van der Waals surface area (Å²) < 4.78 is 5.40.